The van der Waals surface area contributed by atoms with Gasteiger partial charge in [-0.05, 0) is 26.3 Å². The molecule has 128 valence electrons. The quantitative estimate of drug-likeness (QED) is 0.803. The number of piperidine rings is 1. The highest BCUT2D eigenvalue weighted by Crippen LogP contribution is 2.13. The summed E-state index contributed by atoms with van der Waals surface area (Å²) in [5, 5.41) is 5.90. The Bertz CT molecular complexity index is 527. The average molecular weight is 340 g/mol. The molecular formula is C15H24N4O3S. The Morgan fingerprint density at radius 1 is 1.48 bits per heavy atom. The van der Waals surface area contributed by atoms with Crippen LogP contribution in [0.3, 0.4) is 0 Å². The Kier molecular flexibility index (Phi) is 6.79. The predicted molar refractivity (Wildman–Crippen MR) is 88.3 cm³/mol. The van der Waals surface area contributed by atoms with Crippen molar-refractivity contribution in [2.75, 3.05) is 26.2 Å². The van der Waals surface area contributed by atoms with E-state index in [9.17, 15) is 9.59 Å². The number of carbonyl (C=O) groups is 2. The van der Waals surface area contributed by atoms with E-state index >= 15 is 0 Å². The summed E-state index contributed by atoms with van der Waals surface area (Å²) in [5.74, 6) is -0.0239. The van der Waals surface area contributed by atoms with Crippen LogP contribution < -0.4 is 11.1 Å². The van der Waals surface area contributed by atoms with Crippen LogP contribution in [0.5, 0.6) is 0 Å². The Balaban J connectivity index is 1.73. The molecule has 1 aliphatic rings. The third-order valence-electron chi connectivity index (χ3n) is 3.69. The van der Waals surface area contributed by atoms with E-state index in [0.717, 1.165) is 30.0 Å². The van der Waals surface area contributed by atoms with Crippen LogP contribution in [0, 0.1) is 0 Å². The minimum Gasteiger partial charge on any atom is -0.450 e. The number of ether oxygens (including phenoxy) is 1. The zero-order chi connectivity index (χ0) is 16.7. The molecular weight excluding hydrogens is 316 g/mol. The van der Waals surface area contributed by atoms with Crippen LogP contribution in [0.1, 0.15) is 30.5 Å². The first-order valence-electron chi connectivity index (χ1n) is 7.96. The molecule has 2 rings (SSSR count). The number of carbonyl (C=O) groups excluding carboxylic acids is 2. The molecule has 0 bridgehead atoms. The summed E-state index contributed by atoms with van der Waals surface area (Å²) in [5.41, 5.74) is 6.29. The SMILES string of the molecule is CCOC(=O)N1CCC(NC(=O)Cc2csc(CCN)n2)CC1. The summed E-state index contributed by atoms with van der Waals surface area (Å²) in [6.45, 7) is 3.97. The highest BCUT2D eigenvalue weighted by molar-refractivity contribution is 7.09. The van der Waals surface area contributed by atoms with Crippen LogP contribution in [-0.2, 0) is 22.4 Å². The largest absolute Gasteiger partial charge is 0.450 e. The molecule has 0 radical (unpaired) electrons. The number of nitrogens with two attached hydrogens (primary N) is 1. The van der Waals surface area contributed by atoms with Gasteiger partial charge in [0.25, 0.3) is 0 Å². The summed E-state index contributed by atoms with van der Waals surface area (Å²) in [6, 6.07) is 0.107. The molecule has 0 spiro atoms. The lowest BCUT2D eigenvalue weighted by Crippen LogP contribution is -2.47. The molecule has 3 N–H and O–H groups in total. The van der Waals surface area contributed by atoms with Crippen molar-refractivity contribution in [2.45, 2.75) is 38.6 Å². The maximum atomic E-state index is 12.1. The Hall–Kier alpha value is -1.67. The molecule has 0 aromatic carbocycles. The zero-order valence-electron chi connectivity index (χ0n) is 13.4. The lowest BCUT2D eigenvalue weighted by Gasteiger charge is -2.31. The maximum Gasteiger partial charge on any atom is 0.409 e. The van der Waals surface area contributed by atoms with Gasteiger partial charge in [-0.15, -0.1) is 11.3 Å². The molecule has 0 unspecified atom stereocenters. The second-order valence-corrected chi connectivity index (χ2v) is 6.42. The molecule has 1 aliphatic heterocycles. The molecule has 1 saturated heterocycles. The van der Waals surface area contributed by atoms with Crippen molar-refractivity contribution >= 4 is 23.3 Å². The standard InChI is InChI=1S/C15H24N4O3S/c1-2-22-15(21)19-7-4-11(5-8-19)17-13(20)9-12-10-23-14(18-12)3-6-16/h10-11H,2-9,16H2,1H3,(H,17,20). The maximum absolute atomic E-state index is 12.1. The number of aromatic nitrogens is 1. The van der Waals surface area contributed by atoms with Crippen LogP contribution in [0.25, 0.3) is 0 Å². The number of rotatable bonds is 6. The highest BCUT2D eigenvalue weighted by Gasteiger charge is 2.24. The summed E-state index contributed by atoms with van der Waals surface area (Å²) >= 11 is 1.54. The fraction of sp³-hybridized carbons (Fsp3) is 0.667. The summed E-state index contributed by atoms with van der Waals surface area (Å²) < 4.78 is 4.98. The molecule has 0 aliphatic carbocycles. The van der Waals surface area contributed by atoms with E-state index in [2.05, 4.69) is 10.3 Å². The van der Waals surface area contributed by atoms with Gasteiger partial charge < -0.3 is 20.7 Å². The second-order valence-electron chi connectivity index (χ2n) is 5.48. The fourth-order valence-corrected chi connectivity index (χ4v) is 3.35. The zero-order valence-corrected chi connectivity index (χ0v) is 14.2. The summed E-state index contributed by atoms with van der Waals surface area (Å²) in [4.78, 5) is 29.8. The van der Waals surface area contributed by atoms with Gasteiger partial charge in [-0.3, -0.25) is 4.79 Å². The number of likely N-dealkylation sites (tertiary alicyclic amines) is 1. The molecule has 1 aromatic heterocycles. The van der Waals surface area contributed by atoms with Gasteiger partial charge >= 0.3 is 6.09 Å². The topological polar surface area (TPSA) is 97.5 Å². The van der Waals surface area contributed by atoms with Crippen LogP contribution in [0.2, 0.25) is 0 Å². The van der Waals surface area contributed by atoms with E-state index in [-0.39, 0.29) is 18.0 Å². The molecule has 2 heterocycles. The fourth-order valence-electron chi connectivity index (χ4n) is 2.53. The van der Waals surface area contributed by atoms with Gasteiger partial charge in [0, 0.05) is 30.9 Å². The van der Waals surface area contributed by atoms with Gasteiger partial charge in [-0.1, -0.05) is 0 Å². The van der Waals surface area contributed by atoms with Crippen molar-refractivity contribution in [1.29, 1.82) is 0 Å². The van der Waals surface area contributed by atoms with Crippen LogP contribution in [0.4, 0.5) is 4.79 Å². The molecule has 1 fully saturated rings. The van der Waals surface area contributed by atoms with Crippen molar-refractivity contribution in [3.63, 3.8) is 0 Å². The van der Waals surface area contributed by atoms with E-state index in [1.165, 1.54) is 0 Å². The van der Waals surface area contributed by atoms with Crippen LogP contribution in [0.15, 0.2) is 5.38 Å². The number of hydrogen-bond acceptors (Lipinski definition) is 6. The lowest BCUT2D eigenvalue weighted by atomic mass is 10.1. The Morgan fingerprint density at radius 3 is 2.87 bits per heavy atom. The monoisotopic (exact) mass is 340 g/mol. The number of thiazole rings is 1. The average Bonchev–Trinajstić information content (AvgIpc) is 2.95. The number of hydrogen-bond donors (Lipinski definition) is 2. The van der Waals surface area contributed by atoms with Crippen molar-refractivity contribution in [2.24, 2.45) is 5.73 Å². The molecule has 8 heteroatoms. The van der Waals surface area contributed by atoms with Gasteiger partial charge in [0.1, 0.15) is 0 Å². The molecule has 23 heavy (non-hydrogen) atoms. The van der Waals surface area contributed by atoms with E-state index in [1.54, 1.807) is 23.2 Å². The summed E-state index contributed by atoms with van der Waals surface area (Å²) in [6.07, 6.45) is 2.27. The van der Waals surface area contributed by atoms with Gasteiger partial charge in [-0.2, -0.15) is 0 Å². The van der Waals surface area contributed by atoms with Gasteiger partial charge in [0.05, 0.1) is 23.7 Å². The van der Waals surface area contributed by atoms with E-state index in [1.807, 2.05) is 5.38 Å². The minimum atomic E-state index is -0.271. The second kappa shape index (κ2) is 8.83. The normalized spacial score (nSPS) is 15.5. The lowest BCUT2D eigenvalue weighted by molar-refractivity contribution is -0.121. The number of amides is 2. The van der Waals surface area contributed by atoms with Crippen molar-refractivity contribution < 1.29 is 14.3 Å². The number of nitrogens with zero attached hydrogens (tertiary/aromatic N) is 2. The molecule has 0 atom stereocenters. The van der Waals surface area contributed by atoms with E-state index in [4.69, 9.17) is 10.5 Å². The Morgan fingerprint density at radius 2 is 2.22 bits per heavy atom. The molecule has 2 amide bonds. The van der Waals surface area contributed by atoms with Crippen molar-refractivity contribution in [1.82, 2.24) is 15.2 Å². The predicted octanol–water partition coefficient (Wildman–Crippen LogP) is 0.924. The first kappa shape index (κ1) is 17.7. The minimum absolute atomic E-state index is 0.0239. The smallest absolute Gasteiger partial charge is 0.409 e. The van der Waals surface area contributed by atoms with E-state index < -0.39 is 0 Å². The highest BCUT2D eigenvalue weighted by atomic mass is 32.1. The van der Waals surface area contributed by atoms with Crippen LogP contribution >= 0.6 is 11.3 Å². The van der Waals surface area contributed by atoms with Gasteiger partial charge in [0.15, 0.2) is 0 Å². The molecule has 0 saturated carbocycles. The van der Waals surface area contributed by atoms with Crippen LogP contribution in [-0.4, -0.2) is 54.2 Å². The third kappa shape index (κ3) is 5.47. The third-order valence-corrected chi connectivity index (χ3v) is 4.64. The Labute approximate surface area is 140 Å². The van der Waals surface area contributed by atoms with Crippen molar-refractivity contribution in [3.05, 3.63) is 16.1 Å². The van der Waals surface area contributed by atoms with E-state index in [0.29, 0.717) is 32.7 Å². The molecule has 1 aromatic rings. The van der Waals surface area contributed by atoms with Gasteiger partial charge in [-0.25, -0.2) is 9.78 Å². The first-order chi connectivity index (χ1) is 11.1. The van der Waals surface area contributed by atoms with Gasteiger partial charge in [0.2, 0.25) is 5.91 Å². The summed E-state index contributed by atoms with van der Waals surface area (Å²) in [7, 11) is 0. The number of nitrogens with one attached hydrogen (secondary N) is 1. The van der Waals surface area contributed by atoms with Crippen molar-refractivity contribution in [3.8, 4) is 0 Å². The molecule has 7 nitrogen and oxygen atoms in total. The first-order valence-corrected chi connectivity index (χ1v) is 8.84.